The number of carbonyl (C=O) groups is 2. The Hall–Kier alpha value is -3.54. The number of benzene rings is 2. The second-order valence-electron chi connectivity index (χ2n) is 12.3. The molecule has 0 saturated carbocycles. The van der Waals surface area contributed by atoms with Crippen LogP contribution in [0.5, 0.6) is 0 Å². The maximum atomic E-state index is 14.4. The van der Waals surface area contributed by atoms with Crippen molar-refractivity contribution in [2.75, 3.05) is 54.3 Å². The Morgan fingerprint density at radius 3 is 2.62 bits per heavy atom. The summed E-state index contributed by atoms with van der Waals surface area (Å²) in [4.78, 5) is 39.7. The highest BCUT2D eigenvalue weighted by molar-refractivity contribution is 5.91. The maximum Gasteiger partial charge on any atom is 0.288 e. The van der Waals surface area contributed by atoms with E-state index in [-0.39, 0.29) is 66.3 Å². The molecule has 246 valence electrons. The van der Waals surface area contributed by atoms with Gasteiger partial charge in [-0.05, 0) is 78.5 Å². The van der Waals surface area contributed by atoms with Crippen LogP contribution >= 0.6 is 0 Å². The van der Waals surface area contributed by atoms with Crippen molar-refractivity contribution in [3.8, 4) is 0 Å². The second-order valence-corrected chi connectivity index (χ2v) is 12.3. The summed E-state index contributed by atoms with van der Waals surface area (Å²) < 4.78 is 52.0. The monoisotopic (exact) mass is 627 g/mol. The number of unbranched alkanes of at least 4 members (excludes halogenated alkanes) is 1. The highest BCUT2D eigenvalue weighted by atomic mass is 19.1. The van der Waals surface area contributed by atoms with Crippen LogP contribution in [-0.4, -0.2) is 109 Å². The Labute approximate surface area is 273 Å². The van der Waals surface area contributed by atoms with E-state index in [1.54, 1.807) is 17.0 Å². The number of amides is 2. The minimum Gasteiger partial charge on any atom is -0.454 e. The number of piperazine rings is 1. The topological polar surface area (TPSA) is 107 Å². The van der Waals surface area contributed by atoms with Gasteiger partial charge in [-0.1, -0.05) is 48.9 Å². The summed E-state index contributed by atoms with van der Waals surface area (Å²) in [6.07, 6.45) is 1.27. The van der Waals surface area contributed by atoms with Crippen molar-refractivity contribution in [3.63, 3.8) is 0 Å². The minimum atomic E-state index is -0.956. The third-order valence-corrected chi connectivity index (χ3v) is 8.32. The average molecular weight is 628 g/mol. The van der Waals surface area contributed by atoms with Gasteiger partial charge in [-0.3, -0.25) is 14.5 Å². The highest BCUT2D eigenvalue weighted by Gasteiger charge is 2.45. The van der Waals surface area contributed by atoms with Crippen LogP contribution in [0.4, 0.5) is 4.39 Å². The number of aliphatic imine (C=N–C) groups is 1. The van der Waals surface area contributed by atoms with E-state index in [1.165, 1.54) is 15.9 Å². The lowest BCUT2D eigenvalue weighted by Gasteiger charge is -2.42. The first-order valence-corrected chi connectivity index (χ1v) is 15.3. The van der Waals surface area contributed by atoms with Gasteiger partial charge in [0.25, 0.3) is 6.02 Å². The zero-order valence-corrected chi connectivity index (χ0v) is 26.5. The van der Waals surface area contributed by atoms with Crippen LogP contribution in [0.2, 0.25) is 0 Å². The van der Waals surface area contributed by atoms with Crippen molar-refractivity contribution in [1.82, 2.24) is 24.9 Å². The van der Waals surface area contributed by atoms with E-state index in [2.05, 4.69) is 5.32 Å². The number of carbonyl (C=O) groups excluding carboxylic acids is 2. The molecular weight excluding hydrogens is 573 g/mol. The third kappa shape index (κ3) is 8.59. The number of nitrogens with two attached hydrogens (primary N) is 1. The molecule has 0 aliphatic carbocycles. The number of nitrogens with one attached hydrogen (secondary N) is 1. The molecule has 1 fully saturated rings. The Kier molecular flexibility index (Phi) is 9.74. The average Bonchev–Trinajstić information content (AvgIpc) is 3.44. The molecular formula is C34H50FN7O3. The van der Waals surface area contributed by atoms with Gasteiger partial charge >= 0.3 is 0 Å². The summed E-state index contributed by atoms with van der Waals surface area (Å²) in [5.41, 5.74) is 6.92. The first kappa shape index (κ1) is 28.9. The van der Waals surface area contributed by atoms with E-state index < -0.39 is 29.3 Å². The van der Waals surface area contributed by atoms with E-state index in [4.69, 9.17) is 20.9 Å². The third-order valence-electron chi connectivity index (χ3n) is 8.32. The quantitative estimate of drug-likeness (QED) is 0.349. The Morgan fingerprint density at radius 1 is 1.16 bits per heavy atom. The first-order valence-electron chi connectivity index (χ1n) is 18.1. The van der Waals surface area contributed by atoms with E-state index in [0.29, 0.717) is 49.5 Å². The Bertz CT molecular complexity index is 1420. The number of ether oxygens (including phenoxy) is 1. The molecule has 2 heterocycles. The van der Waals surface area contributed by atoms with Gasteiger partial charge in [0.1, 0.15) is 17.4 Å². The fourth-order valence-corrected chi connectivity index (χ4v) is 5.77. The van der Waals surface area contributed by atoms with Gasteiger partial charge in [0.15, 0.2) is 6.10 Å². The lowest BCUT2D eigenvalue weighted by atomic mass is 9.93. The number of rotatable bonds is 12. The molecule has 0 spiro atoms. The second kappa shape index (κ2) is 15.2. The molecule has 0 radical (unpaired) electrons. The van der Waals surface area contributed by atoms with Gasteiger partial charge in [0.05, 0.1) is 12.6 Å². The van der Waals surface area contributed by atoms with Gasteiger partial charge in [-0.2, -0.15) is 0 Å². The lowest BCUT2D eigenvalue weighted by molar-refractivity contribution is -0.147. The summed E-state index contributed by atoms with van der Waals surface area (Å²) in [6.45, 7) is 5.25. The number of nitrogens with zero attached hydrogens (tertiary/aromatic N) is 5. The zero-order chi connectivity index (χ0) is 35.6. The number of hydrogen-bond donors (Lipinski definition) is 2. The summed E-state index contributed by atoms with van der Waals surface area (Å²) in [5, 5.41) is 2.89. The predicted octanol–water partition coefficient (Wildman–Crippen LogP) is 2.98. The molecule has 2 aliphatic heterocycles. The highest BCUT2D eigenvalue weighted by Crippen LogP contribution is 2.38. The summed E-state index contributed by atoms with van der Waals surface area (Å²) >= 11 is 0. The number of hydrogen-bond acceptors (Lipinski definition) is 8. The van der Waals surface area contributed by atoms with E-state index in [9.17, 15) is 14.0 Å². The molecule has 11 heteroatoms. The molecule has 3 atom stereocenters. The fraction of sp³-hybridized carbons (Fsp3) is 0.559. The van der Waals surface area contributed by atoms with Gasteiger partial charge in [-0.15, -0.1) is 0 Å². The van der Waals surface area contributed by atoms with E-state index >= 15 is 0 Å². The maximum absolute atomic E-state index is 14.4. The Balaban J connectivity index is 1.56. The molecule has 1 unspecified atom stereocenters. The Morgan fingerprint density at radius 2 is 1.93 bits per heavy atom. The summed E-state index contributed by atoms with van der Waals surface area (Å²) in [6, 6.07) is 13.1. The minimum absolute atomic E-state index is 0.0145. The molecule has 0 aromatic heterocycles. The van der Waals surface area contributed by atoms with Crippen LogP contribution in [0.1, 0.15) is 61.4 Å². The molecule has 45 heavy (non-hydrogen) atoms. The number of likely N-dealkylation sites (N-methyl/N-ethyl adjacent to an activating group) is 1. The number of halogens is 1. The molecule has 2 aliphatic rings. The molecule has 10 nitrogen and oxygen atoms in total. The SMILES string of the molecule is [2H]CN(C[2H])CCCC[C@@H](C(=O)N1CCN(C2=NC(C)(C)C(c3ccccc3)O2)C[C@H]1C(=O)NCc1ccc(CN)c(F)c1)N(C[2H])C[2H]. The van der Waals surface area contributed by atoms with Crippen molar-refractivity contribution in [2.24, 2.45) is 10.7 Å². The van der Waals surface area contributed by atoms with Crippen LogP contribution in [0, 0.1) is 5.82 Å². The lowest BCUT2D eigenvalue weighted by Crippen LogP contribution is -2.64. The van der Waals surface area contributed by atoms with Crippen LogP contribution in [-0.2, 0) is 27.4 Å². The normalized spacial score (nSPS) is 21.4. The van der Waals surface area contributed by atoms with E-state index in [0.717, 1.165) is 5.56 Å². The van der Waals surface area contributed by atoms with Crippen LogP contribution in [0.15, 0.2) is 53.5 Å². The van der Waals surface area contributed by atoms with Crippen molar-refractivity contribution in [3.05, 3.63) is 71.0 Å². The standard InChI is InChI=1S/C34H50FN7O3/c1-34(2)30(25-12-8-7-9-13-25)45-33(38-34)41-18-19-42(32(44)28(40(5)6)14-10-11-17-39(3)4)29(23-41)31(43)37-22-24-15-16-26(21-36)27(35)20-24/h7-9,12-13,15-16,20,28-30H,10-11,14,17-19,21-23,36H2,1-6H3,(H,37,43)/t28-,29-,30?/m0/s1/i3D,4D,5D,6D. The first-order chi connectivity index (χ1) is 23.6. The van der Waals surface area contributed by atoms with Crippen LogP contribution < -0.4 is 11.1 Å². The molecule has 1 saturated heterocycles. The molecule has 2 amide bonds. The largest absolute Gasteiger partial charge is 0.454 e. The van der Waals surface area contributed by atoms with Gasteiger partial charge in [0, 0.05) is 37.2 Å². The zero-order valence-electron chi connectivity index (χ0n) is 30.5. The van der Waals surface area contributed by atoms with E-state index in [1.807, 2.05) is 49.1 Å². The van der Waals surface area contributed by atoms with Crippen LogP contribution in [0.25, 0.3) is 0 Å². The van der Waals surface area contributed by atoms with Crippen molar-refractivity contribution < 1.29 is 24.2 Å². The van der Waals surface area contributed by atoms with Gasteiger partial charge in [-0.25, -0.2) is 9.38 Å². The molecule has 2 aromatic rings. The molecule has 4 rings (SSSR count). The summed E-state index contributed by atoms with van der Waals surface area (Å²) in [7, 11) is -0.484. The molecule has 2 aromatic carbocycles. The van der Waals surface area contributed by atoms with Gasteiger partial charge < -0.3 is 30.5 Å². The smallest absolute Gasteiger partial charge is 0.288 e. The van der Waals surface area contributed by atoms with Crippen LogP contribution in [0.3, 0.4) is 0 Å². The van der Waals surface area contributed by atoms with Crippen molar-refractivity contribution in [2.45, 2.75) is 69.9 Å². The summed E-state index contributed by atoms with van der Waals surface area (Å²) in [5.74, 6) is -1.22. The predicted molar refractivity (Wildman–Crippen MR) is 175 cm³/mol. The molecule has 3 N–H and O–H groups in total. The fourth-order valence-electron chi connectivity index (χ4n) is 5.77. The van der Waals surface area contributed by atoms with Gasteiger partial charge in [0.2, 0.25) is 11.8 Å². The van der Waals surface area contributed by atoms with Crippen molar-refractivity contribution >= 4 is 17.8 Å². The number of amidine groups is 1. The molecule has 0 bridgehead atoms. The van der Waals surface area contributed by atoms with Crippen molar-refractivity contribution in [1.29, 1.82) is 0 Å².